The van der Waals surface area contributed by atoms with E-state index in [9.17, 15) is 4.79 Å². The van der Waals surface area contributed by atoms with Crippen molar-refractivity contribution in [3.63, 3.8) is 0 Å². The molecule has 0 heterocycles. The smallest absolute Gasteiger partial charge is 0.306 e. The predicted octanol–water partition coefficient (Wildman–Crippen LogP) is 2.81. The van der Waals surface area contributed by atoms with E-state index >= 15 is 0 Å². The molecule has 0 saturated heterocycles. The van der Waals surface area contributed by atoms with Crippen molar-refractivity contribution in [1.82, 2.24) is 0 Å². The Morgan fingerprint density at radius 1 is 1.54 bits per heavy atom. The van der Waals surface area contributed by atoms with Gasteiger partial charge in [0.1, 0.15) is 0 Å². The molecule has 0 rings (SSSR count). The van der Waals surface area contributed by atoms with Crippen molar-refractivity contribution in [3.05, 3.63) is 0 Å². The molecule has 0 bridgehead atoms. The van der Waals surface area contributed by atoms with E-state index in [-0.39, 0.29) is 16.8 Å². The summed E-state index contributed by atoms with van der Waals surface area (Å²) in [6.07, 6.45) is 0.307. The Hall–Kier alpha value is 0.0500. The first-order valence-electron chi connectivity index (χ1n) is 4.29. The van der Waals surface area contributed by atoms with Gasteiger partial charge in [-0.2, -0.15) is 0 Å². The molecule has 1 unspecified atom stereocenters. The van der Waals surface area contributed by atoms with Crippen molar-refractivity contribution >= 4 is 29.2 Å². The number of alkyl halides is 2. The van der Waals surface area contributed by atoms with Crippen molar-refractivity contribution < 1.29 is 9.53 Å². The topological polar surface area (TPSA) is 26.3 Å². The summed E-state index contributed by atoms with van der Waals surface area (Å²) in [7, 11) is 0. The molecule has 0 aliphatic rings. The molecule has 0 aliphatic carbocycles. The summed E-state index contributed by atoms with van der Waals surface area (Å²) in [5.41, 5.74) is -0.310. The highest BCUT2D eigenvalue weighted by molar-refractivity contribution is 6.28. The van der Waals surface area contributed by atoms with E-state index in [0.717, 1.165) is 0 Å². The van der Waals surface area contributed by atoms with Gasteiger partial charge < -0.3 is 4.74 Å². The second kappa shape index (κ2) is 5.71. The minimum absolute atomic E-state index is 0.210. The second-order valence-corrected chi connectivity index (χ2v) is 4.43. The molecule has 2 nitrogen and oxygen atoms in total. The van der Waals surface area contributed by atoms with E-state index in [4.69, 9.17) is 27.9 Å². The highest BCUT2D eigenvalue weighted by Crippen LogP contribution is 2.30. The summed E-state index contributed by atoms with van der Waals surface area (Å²) in [5.74, 6) is 0.122. The van der Waals surface area contributed by atoms with Gasteiger partial charge in [-0.25, -0.2) is 0 Å². The number of carbonyl (C=O) groups excluding carboxylic acids is 1. The second-order valence-electron chi connectivity index (χ2n) is 3.59. The molecule has 0 aliphatic heterocycles. The SMILES string of the molecule is CCOC(=O)CC(C)(C)C(Cl)CCl. The van der Waals surface area contributed by atoms with Crippen LogP contribution in [0.1, 0.15) is 27.2 Å². The van der Waals surface area contributed by atoms with Crippen molar-refractivity contribution in [2.45, 2.75) is 32.6 Å². The number of halogens is 2. The number of rotatable bonds is 5. The quantitative estimate of drug-likeness (QED) is 0.533. The fraction of sp³-hybridized carbons (Fsp3) is 0.889. The van der Waals surface area contributed by atoms with Gasteiger partial charge in [0.05, 0.1) is 18.4 Å². The van der Waals surface area contributed by atoms with Crippen LogP contribution in [0.25, 0.3) is 0 Å². The van der Waals surface area contributed by atoms with E-state index in [0.29, 0.717) is 18.9 Å². The van der Waals surface area contributed by atoms with Gasteiger partial charge in [-0.05, 0) is 12.3 Å². The minimum atomic E-state index is -0.310. The number of ether oxygens (including phenoxy) is 1. The van der Waals surface area contributed by atoms with Gasteiger partial charge >= 0.3 is 5.97 Å². The average Bonchev–Trinajstić information content (AvgIpc) is 2.02. The zero-order chi connectivity index (χ0) is 10.5. The summed E-state index contributed by atoms with van der Waals surface area (Å²) in [6.45, 7) is 6.00. The first-order valence-corrected chi connectivity index (χ1v) is 5.26. The van der Waals surface area contributed by atoms with Crippen LogP contribution in [-0.4, -0.2) is 23.8 Å². The first-order chi connectivity index (χ1) is 5.94. The largest absolute Gasteiger partial charge is 0.466 e. The lowest BCUT2D eigenvalue weighted by atomic mass is 9.86. The van der Waals surface area contributed by atoms with Crippen LogP contribution in [0, 0.1) is 5.41 Å². The third-order valence-corrected chi connectivity index (χ3v) is 3.10. The van der Waals surface area contributed by atoms with Gasteiger partial charge in [0.15, 0.2) is 0 Å². The fourth-order valence-electron chi connectivity index (χ4n) is 0.904. The van der Waals surface area contributed by atoms with Gasteiger partial charge in [0.25, 0.3) is 0 Å². The van der Waals surface area contributed by atoms with Gasteiger partial charge in [-0.15, -0.1) is 23.2 Å². The Bertz CT molecular complexity index is 169. The Kier molecular flexibility index (Phi) is 5.73. The zero-order valence-corrected chi connectivity index (χ0v) is 9.78. The number of esters is 1. The lowest BCUT2D eigenvalue weighted by Gasteiger charge is -2.27. The predicted molar refractivity (Wildman–Crippen MR) is 55.4 cm³/mol. The molecule has 0 radical (unpaired) electrons. The molecule has 0 spiro atoms. The van der Waals surface area contributed by atoms with Crippen LogP contribution in [0.4, 0.5) is 0 Å². The maximum absolute atomic E-state index is 11.2. The summed E-state index contributed by atoms with van der Waals surface area (Å²) < 4.78 is 4.83. The Balaban J connectivity index is 4.08. The summed E-state index contributed by atoms with van der Waals surface area (Å²) in [5, 5.41) is -0.210. The van der Waals surface area contributed by atoms with Crippen LogP contribution in [0.3, 0.4) is 0 Å². The first kappa shape index (κ1) is 13.1. The molecule has 0 amide bonds. The summed E-state index contributed by atoms with van der Waals surface area (Å²) in [6, 6.07) is 0. The van der Waals surface area contributed by atoms with Crippen molar-refractivity contribution in [1.29, 1.82) is 0 Å². The average molecular weight is 227 g/mol. The fourth-order valence-corrected chi connectivity index (χ4v) is 1.40. The van der Waals surface area contributed by atoms with Gasteiger partial charge in [-0.1, -0.05) is 13.8 Å². The Labute approximate surface area is 89.5 Å². The third-order valence-electron chi connectivity index (χ3n) is 1.89. The lowest BCUT2D eigenvalue weighted by Crippen LogP contribution is -2.29. The molecule has 0 saturated carbocycles. The standard InChI is InChI=1S/C9H16Cl2O2/c1-4-13-8(12)5-9(2,3)7(11)6-10/h7H,4-6H2,1-3H3. The van der Waals surface area contributed by atoms with E-state index < -0.39 is 0 Å². The molecule has 0 aromatic carbocycles. The van der Waals surface area contributed by atoms with E-state index in [1.807, 2.05) is 13.8 Å². The van der Waals surface area contributed by atoms with Gasteiger partial charge in [-0.3, -0.25) is 4.79 Å². The Morgan fingerprint density at radius 3 is 2.46 bits per heavy atom. The minimum Gasteiger partial charge on any atom is -0.466 e. The van der Waals surface area contributed by atoms with Crippen LogP contribution in [0.15, 0.2) is 0 Å². The molecule has 1 atom stereocenters. The number of hydrogen-bond acceptors (Lipinski definition) is 2. The summed E-state index contributed by atoms with van der Waals surface area (Å²) in [4.78, 5) is 11.2. The molecule has 0 fully saturated rings. The molecule has 0 aromatic heterocycles. The van der Waals surface area contributed by atoms with Crippen molar-refractivity contribution in [3.8, 4) is 0 Å². The maximum atomic E-state index is 11.2. The van der Waals surface area contributed by atoms with Crippen molar-refractivity contribution in [2.24, 2.45) is 5.41 Å². The molecular formula is C9H16Cl2O2. The molecule has 0 N–H and O–H groups in total. The maximum Gasteiger partial charge on any atom is 0.306 e. The molecule has 78 valence electrons. The van der Waals surface area contributed by atoms with Crippen LogP contribution >= 0.6 is 23.2 Å². The Morgan fingerprint density at radius 2 is 2.08 bits per heavy atom. The van der Waals surface area contributed by atoms with Crippen LogP contribution in [0.2, 0.25) is 0 Å². The summed E-state index contributed by atoms with van der Waals surface area (Å²) >= 11 is 11.6. The normalized spacial score (nSPS) is 13.9. The van der Waals surface area contributed by atoms with Crippen LogP contribution in [-0.2, 0) is 9.53 Å². The van der Waals surface area contributed by atoms with Gasteiger partial charge in [0, 0.05) is 5.88 Å². The van der Waals surface area contributed by atoms with E-state index in [2.05, 4.69) is 0 Å². The number of hydrogen-bond donors (Lipinski definition) is 0. The highest BCUT2D eigenvalue weighted by atomic mass is 35.5. The van der Waals surface area contributed by atoms with Gasteiger partial charge in [0.2, 0.25) is 0 Å². The van der Waals surface area contributed by atoms with Crippen LogP contribution in [0.5, 0.6) is 0 Å². The van der Waals surface area contributed by atoms with Crippen molar-refractivity contribution in [2.75, 3.05) is 12.5 Å². The monoisotopic (exact) mass is 226 g/mol. The van der Waals surface area contributed by atoms with E-state index in [1.165, 1.54) is 0 Å². The number of carbonyl (C=O) groups is 1. The third kappa shape index (κ3) is 4.72. The molecule has 13 heavy (non-hydrogen) atoms. The molecular weight excluding hydrogens is 211 g/mol. The lowest BCUT2D eigenvalue weighted by molar-refractivity contribution is -0.145. The van der Waals surface area contributed by atoms with E-state index in [1.54, 1.807) is 6.92 Å². The zero-order valence-electron chi connectivity index (χ0n) is 8.27. The van der Waals surface area contributed by atoms with Crippen LogP contribution < -0.4 is 0 Å². The molecule has 0 aromatic rings. The molecule has 4 heteroatoms. The highest BCUT2D eigenvalue weighted by Gasteiger charge is 2.30.